The van der Waals surface area contributed by atoms with Gasteiger partial charge in [-0.25, -0.2) is 8.42 Å². The fourth-order valence-corrected chi connectivity index (χ4v) is 5.55. The van der Waals surface area contributed by atoms with Crippen molar-refractivity contribution in [3.05, 3.63) is 64.7 Å². The second-order valence-corrected chi connectivity index (χ2v) is 9.92. The van der Waals surface area contributed by atoms with E-state index < -0.39 is 10.0 Å². The van der Waals surface area contributed by atoms with E-state index in [-0.39, 0.29) is 10.9 Å². The van der Waals surface area contributed by atoms with Crippen LogP contribution in [0.4, 0.5) is 5.69 Å². The molecule has 0 aliphatic carbocycles. The fourth-order valence-electron chi connectivity index (χ4n) is 3.97. The van der Waals surface area contributed by atoms with Gasteiger partial charge < -0.3 is 15.4 Å². The number of halogens is 1. The summed E-state index contributed by atoms with van der Waals surface area (Å²) < 4.78 is 32.4. The van der Waals surface area contributed by atoms with E-state index in [0.717, 1.165) is 23.1 Å². The molecule has 2 aliphatic rings. The molecule has 1 saturated heterocycles. The smallest absolute Gasteiger partial charge is 0.243 e. The SMILES string of the molecule is Nc1ccc(Cl)cc1C1=CC(c2ccc(S(=O)(=O)N3CCOCC3)cc2)N(C=O)CC1. The van der Waals surface area contributed by atoms with Gasteiger partial charge in [-0.2, -0.15) is 4.31 Å². The van der Waals surface area contributed by atoms with Crippen LogP contribution in [0.1, 0.15) is 23.6 Å². The predicted octanol–water partition coefficient (Wildman–Crippen LogP) is 2.93. The first-order valence-corrected chi connectivity index (χ1v) is 11.9. The van der Waals surface area contributed by atoms with Crippen LogP contribution in [-0.2, 0) is 19.6 Å². The second kappa shape index (κ2) is 9.00. The van der Waals surface area contributed by atoms with Gasteiger partial charge >= 0.3 is 0 Å². The predicted molar refractivity (Wildman–Crippen MR) is 120 cm³/mol. The van der Waals surface area contributed by atoms with Crippen molar-refractivity contribution in [2.45, 2.75) is 17.4 Å². The maximum Gasteiger partial charge on any atom is 0.243 e. The zero-order valence-electron chi connectivity index (χ0n) is 16.9. The summed E-state index contributed by atoms with van der Waals surface area (Å²) in [5, 5.41) is 0.595. The van der Waals surface area contributed by atoms with Crippen LogP contribution < -0.4 is 5.73 Å². The van der Waals surface area contributed by atoms with E-state index >= 15 is 0 Å². The number of sulfonamides is 1. The van der Waals surface area contributed by atoms with Crippen LogP contribution in [0, 0.1) is 0 Å². The van der Waals surface area contributed by atoms with E-state index in [2.05, 4.69) is 0 Å². The number of benzene rings is 2. The van der Waals surface area contributed by atoms with E-state index in [0.29, 0.717) is 50.0 Å². The van der Waals surface area contributed by atoms with Crippen LogP contribution in [0.2, 0.25) is 5.02 Å². The number of amides is 1. The maximum atomic E-state index is 12.9. The molecule has 1 atom stereocenters. The lowest BCUT2D eigenvalue weighted by Crippen LogP contribution is -2.40. The minimum Gasteiger partial charge on any atom is -0.398 e. The zero-order valence-corrected chi connectivity index (χ0v) is 18.5. The lowest BCUT2D eigenvalue weighted by molar-refractivity contribution is -0.119. The van der Waals surface area contributed by atoms with E-state index in [1.807, 2.05) is 12.1 Å². The Morgan fingerprint density at radius 1 is 1.06 bits per heavy atom. The normalized spacial score (nSPS) is 20.4. The molecule has 1 fully saturated rings. The van der Waals surface area contributed by atoms with Crippen molar-refractivity contribution in [1.82, 2.24) is 9.21 Å². The summed E-state index contributed by atoms with van der Waals surface area (Å²) in [5.41, 5.74) is 9.46. The number of carbonyl (C=O) groups excluding carboxylic acids is 1. The van der Waals surface area contributed by atoms with Gasteiger partial charge in [-0.1, -0.05) is 29.8 Å². The van der Waals surface area contributed by atoms with Gasteiger partial charge in [0.2, 0.25) is 16.4 Å². The quantitative estimate of drug-likeness (QED) is 0.546. The average molecular weight is 462 g/mol. The number of nitrogens with zero attached hydrogens (tertiary/aromatic N) is 2. The van der Waals surface area contributed by atoms with Crippen molar-refractivity contribution in [3.8, 4) is 0 Å². The molecule has 2 aromatic carbocycles. The molecule has 0 radical (unpaired) electrons. The highest BCUT2D eigenvalue weighted by Gasteiger charge is 2.28. The molecule has 0 saturated carbocycles. The third-order valence-corrected chi connectivity index (χ3v) is 7.83. The molecule has 0 spiro atoms. The Hall–Kier alpha value is -2.39. The summed E-state index contributed by atoms with van der Waals surface area (Å²) in [6.45, 7) is 2.01. The van der Waals surface area contributed by atoms with Crippen molar-refractivity contribution >= 4 is 39.3 Å². The van der Waals surface area contributed by atoms with Gasteiger partial charge in [-0.3, -0.25) is 4.79 Å². The Kier molecular flexibility index (Phi) is 6.34. The number of hydrogen-bond donors (Lipinski definition) is 1. The van der Waals surface area contributed by atoms with Gasteiger partial charge in [0.05, 0.1) is 24.2 Å². The summed E-state index contributed by atoms with van der Waals surface area (Å²) >= 11 is 6.15. The van der Waals surface area contributed by atoms with E-state index in [9.17, 15) is 13.2 Å². The molecule has 0 bridgehead atoms. The maximum absolute atomic E-state index is 12.9. The molecule has 2 aromatic rings. The molecular formula is C22H24ClN3O4S. The molecular weight excluding hydrogens is 438 g/mol. The first-order valence-electron chi connectivity index (χ1n) is 10.0. The summed E-state index contributed by atoms with van der Waals surface area (Å²) in [6, 6.07) is 11.7. The van der Waals surface area contributed by atoms with Crippen LogP contribution in [0.25, 0.3) is 5.57 Å². The first kappa shape index (κ1) is 21.8. The topological polar surface area (TPSA) is 92.9 Å². The molecule has 1 amide bonds. The lowest BCUT2D eigenvalue weighted by Gasteiger charge is -2.32. The first-order chi connectivity index (χ1) is 14.9. The largest absolute Gasteiger partial charge is 0.398 e. The van der Waals surface area contributed by atoms with E-state index in [4.69, 9.17) is 22.1 Å². The Morgan fingerprint density at radius 3 is 2.45 bits per heavy atom. The van der Waals surface area contributed by atoms with Crippen LogP contribution in [-0.4, -0.2) is 56.9 Å². The highest BCUT2D eigenvalue weighted by Crippen LogP contribution is 2.36. The van der Waals surface area contributed by atoms with Crippen LogP contribution >= 0.6 is 11.6 Å². The number of carbonyl (C=O) groups is 1. The second-order valence-electron chi connectivity index (χ2n) is 7.55. The molecule has 2 aliphatic heterocycles. The summed E-state index contributed by atoms with van der Waals surface area (Å²) in [4.78, 5) is 13.6. The monoisotopic (exact) mass is 461 g/mol. The number of hydrogen-bond acceptors (Lipinski definition) is 5. The molecule has 31 heavy (non-hydrogen) atoms. The van der Waals surface area contributed by atoms with Crippen molar-refractivity contribution in [3.63, 3.8) is 0 Å². The van der Waals surface area contributed by atoms with Crippen LogP contribution in [0.3, 0.4) is 0 Å². The lowest BCUT2D eigenvalue weighted by atomic mass is 9.92. The molecule has 164 valence electrons. The van der Waals surface area contributed by atoms with Gasteiger partial charge in [0, 0.05) is 35.9 Å². The number of ether oxygens (including phenoxy) is 1. The third-order valence-electron chi connectivity index (χ3n) is 5.68. The highest BCUT2D eigenvalue weighted by molar-refractivity contribution is 7.89. The number of rotatable bonds is 5. The van der Waals surface area contributed by atoms with Crippen LogP contribution in [0.5, 0.6) is 0 Å². The Morgan fingerprint density at radius 2 is 1.77 bits per heavy atom. The molecule has 1 unspecified atom stereocenters. The van der Waals surface area contributed by atoms with Gasteiger partial charge in [0.15, 0.2) is 0 Å². The number of nitrogens with two attached hydrogens (primary N) is 1. The molecule has 0 aromatic heterocycles. The van der Waals surface area contributed by atoms with Gasteiger partial charge in [-0.15, -0.1) is 0 Å². The summed E-state index contributed by atoms with van der Waals surface area (Å²) in [7, 11) is -3.57. The van der Waals surface area contributed by atoms with E-state index in [1.54, 1.807) is 41.3 Å². The highest BCUT2D eigenvalue weighted by atomic mass is 35.5. The van der Waals surface area contributed by atoms with Gasteiger partial charge in [-0.05, 0) is 47.9 Å². The van der Waals surface area contributed by atoms with E-state index in [1.165, 1.54) is 4.31 Å². The molecule has 7 nitrogen and oxygen atoms in total. The number of nitrogen functional groups attached to an aromatic ring is 1. The van der Waals surface area contributed by atoms with Crippen molar-refractivity contribution in [2.24, 2.45) is 0 Å². The molecule has 4 rings (SSSR count). The number of anilines is 1. The minimum atomic E-state index is -3.57. The van der Waals surface area contributed by atoms with Crippen molar-refractivity contribution < 1.29 is 17.9 Å². The molecule has 2 N–H and O–H groups in total. The van der Waals surface area contributed by atoms with Crippen molar-refractivity contribution in [1.29, 1.82) is 0 Å². The third kappa shape index (κ3) is 4.48. The summed E-state index contributed by atoms with van der Waals surface area (Å²) in [6.07, 6.45) is 3.46. The molecule has 2 heterocycles. The fraction of sp³-hybridized carbons (Fsp3) is 0.318. The van der Waals surface area contributed by atoms with Crippen molar-refractivity contribution in [2.75, 3.05) is 38.6 Å². The molecule has 9 heteroatoms. The Balaban J connectivity index is 1.65. The van der Waals surface area contributed by atoms with Gasteiger partial charge in [0.25, 0.3) is 0 Å². The van der Waals surface area contributed by atoms with Gasteiger partial charge in [0.1, 0.15) is 0 Å². The van der Waals surface area contributed by atoms with Crippen LogP contribution in [0.15, 0.2) is 53.4 Å². The average Bonchev–Trinajstić information content (AvgIpc) is 2.81. The number of morpholine rings is 1. The Bertz CT molecular complexity index is 1100. The zero-order chi connectivity index (χ0) is 22.0. The standard InChI is InChI=1S/C22H24ClN3O4S/c23-18-3-6-21(24)20(14-18)17-7-8-25(15-27)22(13-17)16-1-4-19(5-2-16)31(28,29)26-9-11-30-12-10-26/h1-6,13-15,22H,7-12,24H2. The Labute approximate surface area is 187 Å². The minimum absolute atomic E-state index is 0.231. The summed E-state index contributed by atoms with van der Waals surface area (Å²) in [5.74, 6) is 0.